The highest BCUT2D eigenvalue weighted by Gasteiger charge is 2.41. The first kappa shape index (κ1) is 19.9. The third-order valence-corrected chi connectivity index (χ3v) is 5.81. The Morgan fingerprint density at radius 3 is 2.28 bits per heavy atom. The Labute approximate surface area is 184 Å². The van der Waals surface area contributed by atoms with Gasteiger partial charge in [-0.3, -0.25) is 10.1 Å². The largest absolute Gasteiger partial charge is 0.497 e. The van der Waals surface area contributed by atoms with Gasteiger partial charge in [-0.05, 0) is 60.2 Å². The summed E-state index contributed by atoms with van der Waals surface area (Å²) in [6, 6.07) is 19.9. The molecule has 2 aliphatic rings. The summed E-state index contributed by atoms with van der Waals surface area (Å²) in [7, 11) is 3.25. The van der Waals surface area contributed by atoms with Gasteiger partial charge in [0.05, 0.1) is 30.9 Å². The molecule has 3 aromatic rings. The van der Waals surface area contributed by atoms with Crippen LogP contribution in [0.5, 0.6) is 17.2 Å². The first-order valence-electron chi connectivity index (χ1n) is 10.2. The zero-order valence-corrected chi connectivity index (χ0v) is 17.6. The average Bonchev–Trinajstić information content (AvgIpc) is 3.29. The van der Waals surface area contributed by atoms with E-state index in [1.165, 1.54) is 6.07 Å². The number of fused-ring (bicyclic) bond motifs is 3. The molecule has 0 saturated carbocycles. The number of hydrogen-bond acceptors (Lipinski definition) is 7. The fourth-order valence-electron chi connectivity index (χ4n) is 4.13. The summed E-state index contributed by atoms with van der Waals surface area (Å²) in [5.74, 6) is 2.15. The minimum absolute atomic E-state index is 0.0353. The van der Waals surface area contributed by atoms with Crippen molar-refractivity contribution in [2.45, 2.75) is 18.7 Å². The van der Waals surface area contributed by atoms with Gasteiger partial charge >= 0.3 is 0 Å². The normalized spacial score (nSPS) is 18.8. The van der Waals surface area contributed by atoms with E-state index in [1.807, 2.05) is 53.5 Å². The van der Waals surface area contributed by atoms with E-state index >= 15 is 0 Å². The topological polar surface area (TPSA) is 86.4 Å². The number of ether oxygens (including phenoxy) is 3. The molecule has 5 rings (SSSR count). The first-order chi connectivity index (χ1) is 15.6. The highest BCUT2D eigenvalue weighted by molar-refractivity contribution is 6.02. The van der Waals surface area contributed by atoms with Gasteiger partial charge in [-0.15, -0.1) is 0 Å². The zero-order valence-electron chi connectivity index (χ0n) is 17.6. The lowest BCUT2D eigenvalue weighted by atomic mass is 9.95. The summed E-state index contributed by atoms with van der Waals surface area (Å²) < 4.78 is 16.8. The van der Waals surface area contributed by atoms with Crippen molar-refractivity contribution in [3.05, 3.63) is 93.5 Å². The van der Waals surface area contributed by atoms with Crippen LogP contribution >= 0.6 is 0 Å². The lowest BCUT2D eigenvalue weighted by molar-refractivity contribution is -0.385. The Hall–Kier alpha value is -4.07. The van der Waals surface area contributed by atoms with Crippen LogP contribution in [0.1, 0.15) is 35.4 Å². The molecule has 32 heavy (non-hydrogen) atoms. The van der Waals surface area contributed by atoms with E-state index in [2.05, 4.69) is 0 Å². The van der Waals surface area contributed by atoms with Crippen LogP contribution in [-0.2, 0) is 0 Å². The van der Waals surface area contributed by atoms with Gasteiger partial charge in [0.1, 0.15) is 17.2 Å². The fourth-order valence-corrected chi connectivity index (χ4v) is 4.13. The van der Waals surface area contributed by atoms with Crippen LogP contribution in [0.3, 0.4) is 0 Å². The van der Waals surface area contributed by atoms with Crippen LogP contribution < -0.4 is 14.2 Å². The zero-order chi connectivity index (χ0) is 22.2. The van der Waals surface area contributed by atoms with E-state index in [-0.39, 0.29) is 16.7 Å². The number of nitro groups is 1. The van der Waals surface area contributed by atoms with Crippen LogP contribution in [0.15, 0.2) is 71.8 Å². The van der Waals surface area contributed by atoms with Crippen molar-refractivity contribution in [3.63, 3.8) is 0 Å². The van der Waals surface area contributed by atoms with E-state index in [1.54, 1.807) is 26.4 Å². The highest BCUT2D eigenvalue weighted by Crippen LogP contribution is 2.48. The lowest BCUT2D eigenvalue weighted by Crippen LogP contribution is -2.33. The Balaban J connectivity index is 1.57. The van der Waals surface area contributed by atoms with E-state index < -0.39 is 6.23 Å². The van der Waals surface area contributed by atoms with Crippen LogP contribution in [0.2, 0.25) is 0 Å². The van der Waals surface area contributed by atoms with Gasteiger partial charge in [0.25, 0.3) is 5.69 Å². The summed E-state index contributed by atoms with van der Waals surface area (Å²) >= 11 is 0. The van der Waals surface area contributed by atoms with Crippen molar-refractivity contribution in [2.24, 2.45) is 5.10 Å². The standard InChI is InChI=1S/C24H21N3O5/c1-30-18-8-3-15(4-9-18)21-14-22-20-13-17(27(28)29)7-12-23(20)32-24(26(22)25-21)16-5-10-19(31-2)11-6-16/h3-13,22,24H,14H2,1-2H3. The molecular formula is C24H21N3O5. The predicted octanol–water partition coefficient (Wildman–Crippen LogP) is 4.85. The molecule has 0 amide bonds. The summed E-state index contributed by atoms with van der Waals surface area (Å²) in [5, 5.41) is 18.2. The number of nitrogens with zero attached hydrogens (tertiary/aromatic N) is 3. The van der Waals surface area contributed by atoms with E-state index in [9.17, 15) is 10.1 Å². The molecule has 8 heteroatoms. The second kappa shape index (κ2) is 7.88. The number of benzene rings is 3. The second-order valence-electron chi connectivity index (χ2n) is 7.60. The van der Waals surface area contributed by atoms with Crippen molar-refractivity contribution >= 4 is 11.4 Å². The Morgan fingerprint density at radius 1 is 1.00 bits per heavy atom. The minimum Gasteiger partial charge on any atom is -0.497 e. The smallest absolute Gasteiger partial charge is 0.270 e. The molecule has 8 nitrogen and oxygen atoms in total. The van der Waals surface area contributed by atoms with Gasteiger partial charge in [0.2, 0.25) is 6.23 Å². The van der Waals surface area contributed by atoms with Crippen LogP contribution in [-0.4, -0.2) is 29.9 Å². The monoisotopic (exact) mass is 431 g/mol. The lowest BCUT2D eigenvalue weighted by Gasteiger charge is -2.38. The van der Waals surface area contributed by atoms with Crippen LogP contribution in [0.25, 0.3) is 0 Å². The van der Waals surface area contributed by atoms with Crippen LogP contribution in [0, 0.1) is 10.1 Å². The van der Waals surface area contributed by atoms with Gasteiger partial charge < -0.3 is 14.2 Å². The van der Waals surface area contributed by atoms with Crippen LogP contribution in [0.4, 0.5) is 5.69 Å². The summed E-state index contributed by atoms with van der Waals surface area (Å²) in [6.07, 6.45) is 0.145. The number of nitro benzene ring substituents is 1. The molecule has 2 heterocycles. The molecule has 2 aliphatic heterocycles. The molecule has 0 aliphatic carbocycles. The van der Waals surface area contributed by atoms with E-state index in [0.29, 0.717) is 12.2 Å². The number of rotatable bonds is 5. The van der Waals surface area contributed by atoms with Gasteiger partial charge in [-0.25, -0.2) is 5.01 Å². The van der Waals surface area contributed by atoms with Gasteiger partial charge in [-0.1, -0.05) is 0 Å². The molecule has 162 valence electrons. The first-order valence-corrected chi connectivity index (χ1v) is 10.2. The highest BCUT2D eigenvalue weighted by atomic mass is 16.6. The molecular weight excluding hydrogens is 410 g/mol. The number of hydrogen-bond donors (Lipinski definition) is 0. The van der Waals surface area contributed by atoms with Crippen molar-refractivity contribution < 1.29 is 19.1 Å². The molecule has 0 radical (unpaired) electrons. The maximum Gasteiger partial charge on any atom is 0.270 e. The quantitative estimate of drug-likeness (QED) is 0.424. The molecule has 0 spiro atoms. The van der Waals surface area contributed by atoms with E-state index in [4.69, 9.17) is 19.3 Å². The van der Waals surface area contributed by atoms with Crippen molar-refractivity contribution in [2.75, 3.05) is 14.2 Å². The maximum atomic E-state index is 11.4. The van der Waals surface area contributed by atoms with Gasteiger partial charge in [0, 0.05) is 29.7 Å². The van der Waals surface area contributed by atoms with Crippen molar-refractivity contribution in [1.82, 2.24) is 5.01 Å². The third kappa shape index (κ3) is 3.39. The molecule has 0 bridgehead atoms. The molecule has 0 N–H and O–H groups in total. The fraction of sp³-hybridized carbons (Fsp3) is 0.208. The number of hydrazone groups is 1. The van der Waals surface area contributed by atoms with Crippen molar-refractivity contribution in [1.29, 1.82) is 0 Å². The molecule has 2 unspecified atom stereocenters. The minimum atomic E-state index is -0.462. The Bertz CT molecular complexity index is 1190. The number of methoxy groups -OCH3 is 2. The summed E-state index contributed by atoms with van der Waals surface area (Å²) in [6.45, 7) is 0. The SMILES string of the molecule is COc1ccc(C2=NN3C(C2)c2cc([N+](=O)[O-])ccc2OC3c2ccc(OC)cc2)cc1. The summed E-state index contributed by atoms with van der Waals surface area (Å²) in [5.41, 5.74) is 3.57. The number of non-ortho nitro benzene ring substituents is 1. The maximum absolute atomic E-state index is 11.4. The third-order valence-electron chi connectivity index (χ3n) is 5.81. The molecule has 2 atom stereocenters. The predicted molar refractivity (Wildman–Crippen MR) is 118 cm³/mol. The second-order valence-corrected chi connectivity index (χ2v) is 7.60. The Kier molecular flexibility index (Phi) is 4.89. The molecule has 0 fully saturated rings. The average molecular weight is 431 g/mol. The van der Waals surface area contributed by atoms with E-state index in [0.717, 1.165) is 33.9 Å². The molecule has 0 aromatic heterocycles. The molecule has 0 saturated heterocycles. The molecule has 3 aromatic carbocycles. The van der Waals surface area contributed by atoms with Gasteiger partial charge in [-0.2, -0.15) is 5.10 Å². The summed E-state index contributed by atoms with van der Waals surface area (Å²) in [4.78, 5) is 11.0. The van der Waals surface area contributed by atoms with Gasteiger partial charge in [0.15, 0.2) is 0 Å². The Morgan fingerprint density at radius 2 is 1.66 bits per heavy atom. The van der Waals surface area contributed by atoms with Crippen molar-refractivity contribution in [3.8, 4) is 17.2 Å².